The van der Waals surface area contributed by atoms with Gasteiger partial charge in [-0.3, -0.25) is 47.8 Å². The van der Waals surface area contributed by atoms with Gasteiger partial charge >= 0.3 is 11.9 Å². The van der Waals surface area contributed by atoms with Gasteiger partial charge in [-0.2, -0.15) is 0 Å². The number of nitrogens with one attached hydrogen (secondary N) is 2. The molecule has 0 radical (unpaired) electrons. The summed E-state index contributed by atoms with van der Waals surface area (Å²) in [5, 5.41) is 1.73. The minimum atomic E-state index is -3.88. The van der Waals surface area contributed by atoms with E-state index < -0.39 is 101 Å². The molecule has 30 heteroatoms. The summed E-state index contributed by atoms with van der Waals surface area (Å²) in [7, 11) is -4.58. The Kier molecular flexibility index (Phi) is 26.5. The highest BCUT2D eigenvalue weighted by Gasteiger charge is 2.64. The van der Waals surface area contributed by atoms with Crippen LogP contribution >= 0.6 is 0 Å². The molecular weight excluding hydrogens is 1700 g/mol. The van der Waals surface area contributed by atoms with Crippen LogP contribution in [0.25, 0.3) is 44.1 Å². The number of amides is 4. The summed E-state index contributed by atoms with van der Waals surface area (Å²) in [5.41, 5.74) is 0.0333. The van der Waals surface area contributed by atoms with E-state index in [1.165, 1.54) is 12.8 Å². The first kappa shape index (κ1) is 91.8. The van der Waals surface area contributed by atoms with Gasteiger partial charge < -0.3 is 47.7 Å². The van der Waals surface area contributed by atoms with Crippen molar-refractivity contribution in [2.75, 3.05) is 27.3 Å². The van der Waals surface area contributed by atoms with Gasteiger partial charge in [0.1, 0.15) is 35.9 Å². The second kappa shape index (κ2) is 37.5. The lowest BCUT2D eigenvalue weighted by atomic mass is 9.82. The first-order valence-electron chi connectivity index (χ1n) is 47.3. The molecule has 4 amide bonds. The molecule has 8 saturated carbocycles. The number of aromatic nitrogens is 4. The van der Waals surface area contributed by atoms with Crippen LogP contribution in [0.1, 0.15) is 209 Å². The molecule has 4 aliphatic heterocycles. The number of nitrogens with zero attached hydrogens (tertiary/aromatic N) is 6. The molecule has 2 aromatic carbocycles. The Hall–Kier alpha value is -10.1. The number of allylic oxidation sites excluding steroid dienone is 4. The number of pyridine rings is 4. The number of Topliss-reactive ketones (excluding diaryl/α,β-unsaturated/α-hetero) is 2. The molecule has 0 bridgehead atoms. The standard InChI is InChI=1S/2C50H62N4O10S/c2*1-28(2)62-45-15-10-31(26-51-45)42-21-34-20-36(61-5)11-14-40(34)47(52-42)64-38-22-43-44(55)25-50(49(58)53-65(59,60)39-12-13-39)24-35(50)9-7-6-8-29(3)16-30(4)41(48(57)54(43)27-38)23-46(56)63-37-18-32-17-33(32)19-37/h2*7,9-11,14-15,20-21,26,28-30,32-33,35,37-39,41,43H,6,8,12-13,16-19,22-25,27H2,1-5H3,(H,53,58)/b2*9-7-/t29-,30+,32-,33+,35+,37?,38?,41-,43-,50+;29-,30-,32-,33+,35-,37?,38-,41+,43+,50-/m01/s1. The number of hydrogen-bond donors (Lipinski definition) is 2. The molecular formula is C100H124N8O20S2. The Morgan fingerprint density at radius 2 is 0.877 bits per heavy atom. The second-order valence-electron chi connectivity index (χ2n) is 40.4. The van der Waals surface area contributed by atoms with Crippen molar-refractivity contribution in [2.45, 2.75) is 269 Å². The van der Waals surface area contributed by atoms with Crippen molar-refractivity contribution in [1.29, 1.82) is 0 Å². The van der Waals surface area contributed by atoms with Crippen molar-refractivity contribution in [3.05, 3.63) is 109 Å². The summed E-state index contributed by atoms with van der Waals surface area (Å²) in [5.74, 6) is -0.449. The molecule has 4 aromatic heterocycles. The van der Waals surface area contributed by atoms with E-state index in [4.69, 9.17) is 47.9 Å². The summed E-state index contributed by atoms with van der Waals surface area (Å²) < 4.78 is 105. The van der Waals surface area contributed by atoms with Gasteiger partial charge in [-0.25, -0.2) is 36.8 Å². The van der Waals surface area contributed by atoms with Crippen molar-refractivity contribution < 1.29 is 93.1 Å². The van der Waals surface area contributed by atoms with Gasteiger partial charge in [-0.1, -0.05) is 52.0 Å². The van der Waals surface area contributed by atoms with Crippen molar-refractivity contribution in [1.82, 2.24) is 39.2 Å². The van der Waals surface area contributed by atoms with E-state index in [0.29, 0.717) is 143 Å². The van der Waals surface area contributed by atoms with Gasteiger partial charge in [0.25, 0.3) is 0 Å². The highest BCUT2D eigenvalue weighted by Crippen LogP contribution is 2.60. The van der Waals surface area contributed by atoms with Crippen molar-refractivity contribution in [3.63, 3.8) is 0 Å². The molecule has 8 aliphatic carbocycles. The maximum atomic E-state index is 15.2. The quantitative estimate of drug-likeness (QED) is 0.0420. The lowest BCUT2D eigenvalue weighted by molar-refractivity contribution is -0.155. The van der Waals surface area contributed by atoms with Gasteiger partial charge in [0, 0.05) is 72.1 Å². The van der Waals surface area contributed by atoms with Crippen LogP contribution in [0.15, 0.2) is 109 Å². The van der Waals surface area contributed by atoms with Crippen LogP contribution in [0.4, 0.5) is 0 Å². The average molecular weight is 1820 g/mol. The molecule has 3 unspecified atom stereocenters. The lowest BCUT2D eigenvalue weighted by Gasteiger charge is -2.32. The number of esters is 2. The summed E-state index contributed by atoms with van der Waals surface area (Å²) in [6, 6.07) is 20.3. The molecule has 8 heterocycles. The van der Waals surface area contributed by atoms with Crippen LogP contribution < -0.4 is 37.9 Å². The number of methoxy groups -OCH3 is 2. The lowest BCUT2D eigenvalue weighted by Crippen LogP contribution is -2.47. The van der Waals surface area contributed by atoms with Gasteiger partial charge in [-0.05, 0) is 274 Å². The van der Waals surface area contributed by atoms with Crippen LogP contribution in [0, 0.1) is 81.8 Å². The summed E-state index contributed by atoms with van der Waals surface area (Å²) in [4.78, 5) is 138. The minimum Gasteiger partial charge on any atom is -0.497 e. The Morgan fingerprint density at radius 1 is 0.485 bits per heavy atom. The van der Waals surface area contributed by atoms with Gasteiger partial charge in [0.05, 0.1) is 109 Å². The fourth-order valence-corrected chi connectivity index (χ4v) is 24.2. The fraction of sp³-hybridized carbons (Fsp3) is 0.600. The van der Waals surface area contributed by atoms with Crippen LogP contribution in [-0.2, 0) is 67.9 Å². The third-order valence-electron chi connectivity index (χ3n) is 29.4. The molecule has 696 valence electrons. The number of rotatable bonds is 24. The second-order valence-corrected chi connectivity index (χ2v) is 44.3. The molecule has 18 rings (SSSR count). The SMILES string of the molecule is COc1ccc2c(OC3C[C@H]4C(=O)C[C@]5(C(=O)NS(=O)(=O)C6CC6)C[C@H]5/C=C\CC[C@H](C)C[C@@H](C)[C@H](CC(=O)OC5C[C@@H]6C[C@@H]6C5)C(=O)N4C3)nc(-c3ccc(OC(C)C)nc3)cc2c1.COc1ccc2c(O[C@@H]3C[C@H]4C(=O)C[C@]5(C(=O)NS(=O)(=O)C6CC6)C[C@H]5/C=C\CC[C@@H](C)C[C@@H](C)[C@H](CC(=O)OC5C[C@@H]6C[C@@H]6C5)C(=O)N4C3)nc(-c3ccc(OC(C)C)nc3)cc2c1. The first-order valence-corrected chi connectivity index (χ1v) is 50.3. The third-order valence-corrected chi connectivity index (χ3v) is 33.1. The number of carbonyl (C=O) groups is 8. The van der Waals surface area contributed by atoms with E-state index in [1.54, 1.807) is 48.5 Å². The number of fused-ring (bicyclic) bond motifs is 8. The van der Waals surface area contributed by atoms with Gasteiger partial charge in [0.15, 0.2) is 11.6 Å². The highest BCUT2D eigenvalue weighted by atomic mass is 32.2. The normalized spacial score (nSPS) is 31.8. The number of carbonyl (C=O) groups excluding carboxylic acids is 8. The molecule has 6 aromatic rings. The van der Waals surface area contributed by atoms with E-state index in [2.05, 4.69) is 33.3 Å². The number of ether oxygens (including phenoxy) is 8. The first-order chi connectivity index (χ1) is 62.2. The van der Waals surface area contributed by atoms with E-state index in [0.717, 1.165) is 62.1 Å². The van der Waals surface area contributed by atoms with Crippen molar-refractivity contribution in [2.24, 2.45) is 81.8 Å². The summed E-state index contributed by atoms with van der Waals surface area (Å²) in [6.07, 6.45) is 21.9. The van der Waals surface area contributed by atoms with E-state index in [9.17, 15) is 45.6 Å². The van der Waals surface area contributed by atoms with Gasteiger partial charge in [-0.15, -0.1) is 0 Å². The predicted molar refractivity (Wildman–Crippen MR) is 484 cm³/mol. The average Bonchev–Trinajstić information content (AvgIpc) is 1.57. The zero-order chi connectivity index (χ0) is 91.6. The van der Waals surface area contributed by atoms with Crippen molar-refractivity contribution >= 4 is 88.7 Å². The van der Waals surface area contributed by atoms with Crippen molar-refractivity contribution in [3.8, 4) is 57.5 Å². The Balaban J connectivity index is 0.000000182. The predicted octanol–water partition coefficient (Wildman–Crippen LogP) is 14.8. The maximum absolute atomic E-state index is 15.2. The summed E-state index contributed by atoms with van der Waals surface area (Å²) >= 11 is 0. The third kappa shape index (κ3) is 20.9. The molecule has 130 heavy (non-hydrogen) atoms. The maximum Gasteiger partial charge on any atom is 0.306 e. The molecule has 2 N–H and O–H groups in total. The molecule has 28 nitrogen and oxygen atoms in total. The minimum absolute atomic E-state index is 0.0278. The zero-order valence-electron chi connectivity index (χ0n) is 76.1. The number of ketones is 2. The van der Waals surface area contributed by atoms with Crippen LogP contribution in [0.3, 0.4) is 0 Å². The van der Waals surface area contributed by atoms with Crippen LogP contribution in [0.5, 0.6) is 35.0 Å². The smallest absolute Gasteiger partial charge is 0.306 e. The number of benzene rings is 2. The molecule has 2 saturated heterocycles. The fourth-order valence-electron chi connectivity index (χ4n) is 21.4. The Morgan fingerprint density at radius 3 is 1.23 bits per heavy atom. The summed E-state index contributed by atoms with van der Waals surface area (Å²) in [6.45, 7) is 16.1. The molecule has 10 fully saturated rings. The van der Waals surface area contributed by atoms with Crippen LogP contribution in [0.2, 0.25) is 0 Å². The van der Waals surface area contributed by atoms with E-state index >= 15 is 9.59 Å². The largest absolute Gasteiger partial charge is 0.497 e. The Bertz CT molecular complexity index is 5270. The van der Waals surface area contributed by atoms with E-state index in [-0.39, 0.29) is 135 Å². The van der Waals surface area contributed by atoms with Gasteiger partial charge in [0.2, 0.25) is 67.2 Å². The van der Waals surface area contributed by atoms with Crippen LogP contribution in [-0.4, -0.2) is 180 Å². The highest BCUT2D eigenvalue weighted by molar-refractivity contribution is 7.91. The molecule has 12 aliphatic rings. The topological polar surface area (TPSA) is 361 Å². The Labute approximate surface area is 761 Å². The molecule has 20 atom stereocenters. The molecule has 0 spiro atoms. The number of hydrogen-bond acceptors (Lipinski definition) is 24. The number of sulfonamides is 2. The zero-order valence-corrected chi connectivity index (χ0v) is 77.8. The monoisotopic (exact) mass is 1820 g/mol. The van der Waals surface area contributed by atoms with E-state index in [1.807, 2.05) is 127 Å².